The number of amides is 2. The van der Waals surface area contributed by atoms with E-state index in [0.29, 0.717) is 34.7 Å². The second kappa shape index (κ2) is 13.1. The lowest BCUT2D eigenvalue weighted by Crippen LogP contribution is -2.48. The van der Waals surface area contributed by atoms with E-state index < -0.39 is 30.3 Å². The highest BCUT2D eigenvalue weighted by molar-refractivity contribution is 8.01. The van der Waals surface area contributed by atoms with Gasteiger partial charge in [-0.25, -0.2) is 0 Å². The van der Waals surface area contributed by atoms with Gasteiger partial charge in [-0.1, -0.05) is 59.5 Å². The summed E-state index contributed by atoms with van der Waals surface area (Å²) in [5.74, 6) is -2.10. The molecule has 9 nitrogen and oxygen atoms in total. The molecule has 3 aromatic rings. The molecule has 2 N–H and O–H groups in total. The molecule has 2 saturated heterocycles. The van der Waals surface area contributed by atoms with Crippen LogP contribution < -0.4 is 5.32 Å². The molecule has 224 valence electrons. The van der Waals surface area contributed by atoms with Gasteiger partial charge < -0.3 is 24.8 Å². The number of rotatable bonds is 8. The average Bonchev–Trinajstić information content (AvgIpc) is 3.64. The Balaban J connectivity index is 1.32. The maximum absolute atomic E-state index is 13.0. The highest BCUT2D eigenvalue weighted by Gasteiger charge is 2.47. The van der Waals surface area contributed by atoms with Crippen LogP contribution in [-0.4, -0.2) is 62.6 Å². The van der Waals surface area contributed by atoms with Gasteiger partial charge in [0.05, 0.1) is 18.8 Å². The lowest BCUT2D eigenvalue weighted by atomic mass is 10.0. The molecule has 2 aliphatic heterocycles. The van der Waals surface area contributed by atoms with Crippen molar-refractivity contribution in [2.75, 3.05) is 17.6 Å². The molecule has 4 atom stereocenters. The van der Waals surface area contributed by atoms with E-state index in [9.17, 15) is 27.9 Å². The highest BCUT2D eigenvalue weighted by Crippen LogP contribution is 2.40. The van der Waals surface area contributed by atoms with Crippen LogP contribution in [0.15, 0.2) is 52.9 Å². The molecule has 0 radical (unpaired) electrons. The number of halogens is 3. The van der Waals surface area contributed by atoms with Crippen LogP contribution in [0.1, 0.15) is 53.4 Å². The zero-order valence-corrected chi connectivity index (χ0v) is 24.2. The second-order valence-corrected chi connectivity index (χ2v) is 12.5. The minimum absolute atomic E-state index is 0.0699. The van der Waals surface area contributed by atoms with Gasteiger partial charge in [-0.3, -0.25) is 9.59 Å². The fourth-order valence-corrected chi connectivity index (χ4v) is 6.82. The number of carbonyl (C=O) groups is 2. The highest BCUT2D eigenvalue weighted by atomic mass is 32.2. The van der Waals surface area contributed by atoms with Crippen LogP contribution in [0.3, 0.4) is 0 Å². The van der Waals surface area contributed by atoms with Gasteiger partial charge in [0.25, 0.3) is 0 Å². The molecule has 0 spiro atoms. The zero-order chi connectivity index (χ0) is 29.9. The molecule has 1 aromatic heterocycles. The SMILES string of the molecule is Cc1nnc(SCC2CC(c3ccc(CO)cc3)OC(c3cccc(NC(=O)C4CCCN4C(=O)C(F)(F)F)c3)O2)s1. The number of benzene rings is 2. The number of aliphatic hydroxyl groups excluding tert-OH is 1. The van der Waals surface area contributed by atoms with Gasteiger partial charge in [-0.15, -0.1) is 10.2 Å². The van der Waals surface area contributed by atoms with Gasteiger partial charge >= 0.3 is 12.1 Å². The summed E-state index contributed by atoms with van der Waals surface area (Å²) in [6.45, 7) is 1.69. The molecular formula is C28H29F3N4O5S2. The zero-order valence-electron chi connectivity index (χ0n) is 22.5. The van der Waals surface area contributed by atoms with Gasteiger partial charge in [0.2, 0.25) is 5.91 Å². The fraction of sp³-hybridized carbons (Fsp3) is 0.429. The van der Waals surface area contributed by atoms with Crippen LogP contribution in [0.25, 0.3) is 0 Å². The van der Waals surface area contributed by atoms with E-state index in [-0.39, 0.29) is 31.8 Å². The first kappa shape index (κ1) is 30.4. The Morgan fingerprint density at radius 1 is 1.14 bits per heavy atom. The van der Waals surface area contributed by atoms with Crippen molar-refractivity contribution in [1.82, 2.24) is 15.1 Å². The Bertz CT molecular complexity index is 1400. The van der Waals surface area contributed by atoms with Gasteiger partial charge in [0, 0.05) is 30.0 Å². The molecule has 0 bridgehead atoms. The number of aliphatic hydroxyl groups is 1. The number of carbonyl (C=O) groups excluding carboxylic acids is 2. The third-order valence-corrected chi connectivity index (χ3v) is 9.10. The van der Waals surface area contributed by atoms with E-state index in [1.165, 1.54) is 11.3 Å². The molecule has 5 rings (SSSR count). The van der Waals surface area contributed by atoms with Crippen molar-refractivity contribution in [3.63, 3.8) is 0 Å². The minimum atomic E-state index is -5.04. The molecule has 2 amide bonds. The number of hydrogen-bond donors (Lipinski definition) is 2. The van der Waals surface area contributed by atoms with E-state index in [0.717, 1.165) is 20.5 Å². The largest absolute Gasteiger partial charge is 0.471 e. The van der Waals surface area contributed by atoms with Crippen LogP contribution in [0.5, 0.6) is 0 Å². The Hall–Kier alpha value is -3.04. The smallest absolute Gasteiger partial charge is 0.392 e. The average molecular weight is 623 g/mol. The lowest BCUT2D eigenvalue weighted by Gasteiger charge is -2.36. The van der Waals surface area contributed by atoms with Crippen LogP contribution in [0.2, 0.25) is 0 Å². The van der Waals surface area contributed by atoms with Crippen LogP contribution in [-0.2, 0) is 25.7 Å². The van der Waals surface area contributed by atoms with E-state index in [2.05, 4.69) is 15.5 Å². The number of aryl methyl sites for hydroxylation is 1. The molecule has 2 aromatic carbocycles. The summed E-state index contributed by atoms with van der Waals surface area (Å²) in [5.41, 5.74) is 2.66. The summed E-state index contributed by atoms with van der Waals surface area (Å²) in [7, 11) is 0. The maximum atomic E-state index is 13.0. The number of nitrogens with zero attached hydrogens (tertiary/aromatic N) is 3. The predicted octanol–water partition coefficient (Wildman–Crippen LogP) is 5.17. The minimum Gasteiger partial charge on any atom is -0.392 e. The van der Waals surface area contributed by atoms with Gasteiger partial charge in [0.1, 0.15) is 11.0 Å². The third kappa shape index (κ3) is 7.29. The molecule has 0 aliphatic carbocycles. The summed E-state index contributed by atoms with van der Waals surface area (Å²) in [4.78, 5) is 25.3. The second-order valence-electron chi connectivity index (χ2n) is 10.0. The van der Waals surface area contributed by atoms with Crippen molar-refractivity contribution in [3.8, 4) is 0 Å². The molecule has 42 heavy (non-hydrogen) atoms. The van der Waals surface area contributed by atoms with Crippen LogP contribution in [0.4, 0.5) is 18.9 Å². The predicted molar refractivity (Wildman–Crippen MR) is 150 cm³/mol. The normalized spacial score (nSPS) is 22.7. The van der Waals surface area contributed by atoms with Gasteiger partial charge in [-0.2, -0.15) is 13.2 Å². The number of nitrogens with one attached hydrogen (secondary N) is 1. The molecule has 2 aliphatic rings. The maximum Gasteiger partial charge on any atom is 0.471 e. The van der Waals surface area contributed by atoms with E-state index in [1.807, 2.05) is 31.2 Å². The standard InChI is InChI=1S/C28H29F3N4O5S2/c1-16-33-34-27(42-16)41-15-21-13-23(18-9-7-17(14-36)8-10-18)40-25(39-21)19-4-2-5-20(12-19)32-24(37)22-6-3-11-35(22)26(38)28(29,30)31/h2,4-5,7-10,12,21-23,25,36H,3,6,11,13-15H2,1H3,(H,32,37). The first-order valence-corrected chi connectivity index (χ1v) is 15.1. The third-order valence-electron chi connectivity index (χ3n) is 7.00. The lowest BCUT2D eigenvalue weighted by molar-refractivity contribution is -0.245. The Labute approximate surface area is 248 Å². The van der Waals surface area contributed by atoms with E-state index in [4.69, 9.17) is 9.47 Å². The monoisotopic (exact) mass is 622 g/mol. The molecule has 3 heterocycles. The van der Waals surface area contributed by atoms with Crippen LogP contribution in [0, 0.1) is 6.92 Å². The summed E-state index contributed by atoms with van der Waals surface area (Å²) < 4.78 is 52.6. The quantitative estimate of drug-likeness (QED) is 0.331. The van der Waals surface area contributed by atoms with Crippen molar-refractivity contribution in [1.29, 1.82) is 0 Å². The number of thioether (sulfide) groups is 1. The topological polar surface area (TPSA) is 114 Å². The number of likely N-dealkylation sites (tertiary alicyclic amines) is 1. The number of aromatic nitrogens is 2. The Morgan fingerprint density at radius 2 is 1.93 bits per heavy atom. The summed E-state index contributed by atoms with van der Waals surface area (Å²) in [5, 5.41) is 21.2. The number of anilines is 1. The van der Waals surface area contributed by atoms with Crippen molar-refractivity contribution < 1.29 is 37.3 Å². The molecular weight excluding hydrogens is 593 g/mol. The number of alkyl halides is 3. The van der Waals surface area contributed by atoms with Crippen molar-refractivity contribution in [2.24, 2.45) is 0 Å². The molecule has 0 saturated carbocycles. The number of hydrogen-bond acceptors (Lipinski definition) is 9. The summed E-state index contributed by atoms with van der Waals surface area (Å²) in [6.07, 6.45) is -5.36. The molecule has 4 unspecified atom stereocenters. The Kier molecular flexibility index (Phi) is 9.47. The summed E-state index contributed by atoms with van der Waals surface area (Å²) in [6, 6.07) is 13.0. The Morgan fingerprint density at radius 3 is 2.62 bits per heavy atom. The first-order chi connectivity index (χ1) is 20.1. The van der Waals surface area contributed by atoms with E-state index >= 15 is 0 Å². The van der Waals surface area contributed by atoms with Gasteiger partial charge in [0.15, 0.2) is 10.6 Å². The molecule has 14 heteroatoms. The molecule has 2 fully saturated rings. The first-order valence-electron chi connectivity index (χ1n) is 13.3. The summed E-state index contributed by atoms with van der Waals surface area (Å²) >= 11 is 3.04. The van der Waals surface area contributed by atoms with Crippen molar-refractivity contribution in [2.45, 2.75) is 67.8 Å². The fourth-order valence-electron chi connectivity index (χ4n) is 4.96. The van der Waals surface area contributed by atoms with Crippen LogP contribution >= 0.6 is 23.1 Å². The number of ether oxygens (including phenoxy) is 2. The van der Waals surface area contributed by atoms with Crippen molar-refractivity contribution >= 4 is 40.6 Å². The van der Waals surface area contributed by atoms with Gasteiger partial charge in [-0.05, 0) is 43.0 Å². The van der Waals surface area contributed by atoms with E-state index in [1.54, 1.807) is 36.0 Å². The van der Waals surface area contributed by atoms with Crippen molar-refractivity contribution in [3.05, 3.63) is 70.2 Å².